The number of nitrogens with one attached hydrogen (secondary N) is 2. The number of benzene rings is 2. The summed E-state index contributed by atoms with van der Waals surface area (Å²) in [6.45, 7) is 0. The van der Waals surface area contributed by atoms with Gasteiger partial charge in [0.25, 0.3) is 0 Å². The van der Waals surface area contributed by atoms with Crippen molar-refractivity contribution in [1.82, 2.24) is 5.43 Å². The summed E-state index contributed by atoms with van der Waals surface area (Å²) in [5.74, 6) is -0.513. The van der Waals surface area contributed by atoms with Gasteiger partial charge in [-0.3, -0.25) is 9.59 Å². The van der Waals surface area contributed by atoms with Gasteiger partial charge < -0.3 is 5.32 Å². The molecule has 7 heteroatoms. The summed E-state index contributed by atoms with van der Waals surface area (Å²) in [5, 5.41) is 6.62. The second kappa shape index (κ2) is 9.53. The molecule has 2 rings (SSSR count). The van der Waals surface area contributed by atoms with Gasteiger partial charge in [0.05, 0.1) is 6.21 Å². The van der Waals surface area contributed by atoms with Crippen LogP contribution >= 0.6 is 38.5 Å². The van der Waals surface area contributed by atoms with Crippen molar-refractivity contribution in [2.24, 2.45) is 5.10 Å². The van der Waals surface area contributed by atoms with E-state index < -0.39 is 0 Å². The maximum absolute atomic E-state index is 11.8. The Labute approximate surface area is 162 Å². The van der Waals surface area contributed by atoms with E-state index in [1.165, 1.54) is 0 Å². The molecule has 0 aromatic heterocycles. The van der Waals surface area contributed by atoms with E-state index in [1.54, 1.807) is 6.21 Å². The molecule has 5 nitrogen and oxygen atoms in total. The number of hydrogen-bond donors (Lipinski definition) is 2. The van der Waals surface area contributed by atoms with Crippen molar-refractivity contribution >= 4 is 62.2 Å². The summed E-state index contributed by atoms with van der Waals surface area (Å²) in [7, 11) is 0. The highest BCUT2D eigenvalue weighted by molar-refractivity contribution is 14.1. The topological polar surface area (TPSA) is 70.6 Å². The van der Waals surface area contributed by atoms with Crippen LogP contribution in [0.2, 0.25) is 0 Å². The SMILES string of the molecule is O=C(CCC(=O)Nc1ccc(I)cc1)NN=Cc1cccc(Br)c1. The average Bonchev–Trinajstić information content (AvgIpc) is 2.55. The van der Waals surface area contributed by atoms with Gasteiger partial charge in [-0.1, -0.05) is 28.1 Å². The number of carbonyl (C=O) groups excluding carboxylic acids is 2. The Morgan fingerprint density at radius 3 is 2.50 bits per heavy atom. The fourth-order valence-corrected chi connectivity index (χ4v) is 2.58. The predicted octanol–water partition coefficient (Wildman–Crippen LogP) is 3.92. The van der Waals surface area contributed by atoms with Gasteiger partial charge in [0.1, 0.15) is 0 Å². The highest BCUT2D eigenvalue weighted by Gasteiger charge is 2.06. The first kappa shape index (κ1) is 18.6. The van der Waals surface area contributed by atoms with E-state index in [1.807, 2.05) is 48.5 Å². The number of rotatable bonds is 6. The molecule has 0 heterocycles. The van der Waals surface area contributed by atoms with E-state index in [4.69, 9.17) is 0 Å². The van der Waals surface area contributed by atoms with Crippen molar-refractivity contribution in [2.75, 3.05) is 5.32 Å². The van der Waals surface area contributed by atoms with Crippen molar-refractivity contribution < 1.29 is 9.59 Å². The molecule has 0 aliphatic rings. The van der Waals surface area contributed by atoms with Gasteiger partial charge >= 0.3 is 0 Å². The summed E-state index contributed by atoms with van der Waals surface area (Å²) in [5.41, 5.74) is 3.99. The minimum Gasteiger partial charge on any atom is -0.326 e. The molecule has 2 amide bonds. The first-order valence-electron chi connectivity index (χ1n) is 7.16. The number of carbonyl (C=O) groups is 2. The van der Waals surface area contributed by atoms with Gasteiger partial charge in [-0.15, -0.1) is 0 Å². The number of halogens is 2. The molecule has 0 aliphatic heterocycles. The zero-order valence-corrected chi connectivity index (χ0v) is 16.4. The molecule has 0 saturated heterocycles. The maximum atomic E-state index is 11.8. The van der Waals surface area contributed by atoms with Crippen LogP contribution in [0.1, 0.15) is 18.4 Å². The fourth-order valence-electron chi connectivity index (χ4n) is 1.81. The molecule has 24 heavy (non-hydrogen) atoms. The summed E-state index contributed by atoms with van der Waals surface area (Å²) >= 11 is 5.55. The smallest absolute Gasteiger partial charge is 0.240 e. The molecule has 0 saturated carbocycles. The number of hydrazone groups is 1. The van der Waals surface area contributed by atoms with Crippen molar-refractivity contribution in [3.63, 3.8) is 0 Å². The van der Waals surface area contributed by atoms with Crippen molar-refractivity contribution in [1.29, 1.82) is 0 Å². The van der Waals surface area contributed by atoms with E-state index in [2.05, 4.69) is 54.4 Å². The Hall–Kier alpha value is -1.74. The van der Waals surface area contributed by atoms with Gasteiger partial charge in [-0.25, -0.2) is 5.43 Å². The Balaban J connectivity index is 1.72. The second-order valence-corrected chi connectivity index (χ2v) is 7.06. The summed E-state index contributed by atoms with van der Waals surface area (Å²) < 4.78 is 2.03. The second-order valence-electron chi connectivity index (χ2n) is 4.90. The molecule has 124 valence electrons. The normalized spacial score (nSPS) is 10.6. The summed E-state index contributed by atoms with van der Waals surface area (Å²) in [6.07, 6.45) is 1.73. The van der Waals surface area contributed by atoms with Crippen LogP contribution in [0.3, 0.4) is 0 Å². The minimum atomic E-state index is -0.306. The molecule has 0 fully saturated rings. The van der Waals surface area contributed by atoms with Crippen LogP contribution in [0.4, 0.5) is 5.69 Å². The first-order chi connectivity index (χ1) is 11.5. The van der Waals surface area contributed by atoms with Crippen molar-refractivity contribution in [3.8, 4) is 0 Å². The molecule has 0 spiro atoms. The van der Waals surface area contributed by atoms with Crippen LogP contribution in [0, 0.1) is 3.57 Å². The molecular formula is C17H15BrIN3O2. The molecule has 2 N–H and O–H groups in total. The minimum absolute atomic E-state index is 0.0754. The third-order valence-corrected chi connectivity index (χ3v) is 4.17. The number of amides is 2. The maximum Gasteiger partial charge on any atom is 0.240 e. The van der Waals surface area contributed by atoms with Gasteiger partial charge in [-0.2, -0.15) is 5.10 Å². The average molecular weight is 500 g/mol. The zero-order chi connectivity index (χ0) is 17.4. The van der Waals surface area contributed by atoms with E-state index in [9.17, 15) is 9.59 Å². The lowest BCUT2D eigenvalue weighted by atomic mass is 10.2. The molecule has 0 bridgehead atoms. The number of anilines is 1. The standard InChI is InChI=1S/C17H15BrIN3O2/c18-13-3-1-2-12(10-13)11-20-22-17(24)9-8-16(23)21-15-6-4-14(19)5-7-15/h1-7,10-11H,8-9H2,(H,21,23)(H,22,24). The molecule has 2 aromatic rings. The van der Waals surface area contributed by atoms with Gasteiger partial charge in [0, 0.05) is 26.6 Å². The van der Waals surface area contributed by atoms with E-state index in [-0.39, 0.29) is 24.7 Å². The third kappa shape index (κ3) is 6.79. The van der Waals surface area contributed by atoms with Gasteiger partial charge in [0.15, 0.2) is 0 Å². The monoisotopic (exact) mass is 499 g/mol. The zero-order valence-electron chi connectivity index (χ0n) is 12.6. The van der Waals surface area contributed by atoms with Gasteiger partial charge in [-0.05, 0) is 64.6 Å². The molecule has 0 radical (unpaired) electrons. The van der Waals surface area contributed by atoms with E-state index in [0.717, 1.165) is 13.6 Å². The lowest BCUT2D eigenvalue weighted by Crippen LogP contribution is -2.20. The van der Waals surface area contributed by atoms with Crippen LogP contribution in [0.15, 0.2) is 58.1 Å². The third-order valence-electron chi connectivity index (χ3n) is 2.96. The van der Waals surface area contributed by atoms with Crippen molar-refractivity contribution in [3.05, 3.63) is 62.1 Å². The Morgan fingerprint density at radius 1 is 1.08 bits per heavy atom. The largest absolute Gasteiger partial charge is 0.326 e. The molecule has 0 unspecified atom stereocenters. The lowest BCUT2D eigenvalue weighted by molar-refractivity contribution is -0.124. The molecule has 0 aliphatic carbocycles. The van der Waals surface area contributed by atoms with Crippen LogP contribution < -0.4 is 10.7 Å². The van der Waals surface area contributed by atoms with Crippen molar-refractivity contribution in [2.45, 2.75) is 12.8 Å². The van der Waals surface area contributed by atoms with Gasteiger partial charge in [0.2, 0.25) is 11.8 Å². The summed E-state index contributed by atoms with van der Waals surface area (Å²) in [6, 6.07) is 15.0. The molecule has 2 aromatic carbocycles. The van der Waals surface area contributed by atoms with Crippen LogP contribution in [0.25, 0.3) is 0 Å². The molecular weight excluding hydrogens is 485 g/mol. The highest BCUT2D eigenvalue weighted by Crippen LogP contribution is 2.12. The lowest BCUT2D eigenvalue weighted by Gasteiger charge is -2.04. The Kier molecular flexibility index (Phi) is 7.38. The number of hydrogen-bond acceptors (Lipinski definition) is 3. The molecule has 0 atom stereocenters. The van der Waals surface area contributed by atoms with Crippen LogP contribution in [-0.2, 0) is 9.59 Å². The quantitative estimate of drug-likeness (QED) is 0.359. The fraction of sp³-hybridized carbons (Fsp3) is 0.118. The van der Waals surface area contributed by atoms with Crippen LogP contribution in [-0.4, -0.2) is 18.0 Å². The Bertz CT molecular complexity index is 748. The number of nitrogens with zero attached hydrogens (tertiary/aromatic N) is 1. The first-order valence-corrected chi connectivity index (χ1v) is 9.03. The Morgan fingerprint density at radius 2 is 1.79 bits per heavy atom. The van der Waals surface area contributed by atoms with E-state index in [0.29, 0.717) is 5.69 Å². The summed E-state index contributed by atoms with van der Waals surface area (Å²) in [4.78, 5) is 23.5. The highest BCUT2D eigenvalue weighted by atomic mass is 127. The van der Waals surface area contributed by atoms with E-state index >= 15 is 0 Å². The van der Waals surface area contributed by atoms with Crippen LogP contribution in [0.5, 0.6) is 0 Å². The predicted molar refractivity (Wildman–Crippen MR) is 107 cm³/mol.